The van der Waals surface area contributed by atoms with E-state index in [9.17, 15) is 9.18 Å². The molecule has 0 radical (unpaired) electrons. The lowest BCUT2D eigenvalue weighted by Crippen LogP contribution is -1.99. The summed E-state index contributed by atoms with van der Waals surface area (Å²) in [5, 5.41) is 9.05. The fraction of sp³-hybridized carbons (Fsp3) is 0. The summed E-state index contributed by atoms with van der Waals surface area (Å²) in [6, 6.07) is 10.7. The number of hydrogen-bond donors (Lipinski definition) is 1. The molecule has 0 saturated carbocycles. The quantitative estimate of drug-likeness (QED) is 0.879. The molecule has 2 rings (SSSR count). The van der Waals surface area contributed by atoms with Crippen LogP contribution in [0.4, 0.5) is 4.39 Å². The van der Waals surface area contributed by atoms with E-state index in [1.54, 1.807) is 24.3 Å². The third-order valence-corrected chi connectivity index (χ3v) is 2.69. The van der Waals surface area contributed by atoms with E-state index < -0.39 is 11.8 Å². The number of aromatic carboxylic acids is 1. The zero-order valence-electron chi connectivity index (χ0n) is 8.65. The summed E-state index contributed by atoms with van der Waals surface area (Å²) in [5.74, 6) is -1.61. The topological polar surface area (TPSA) is 37.3 Å². The molecule has 0 aromatic heterocycles. The van der Waals surface area contributed by atoms with Gasteiger partial charge in [-0.05, 0) is 29.3 Å². The van der Waals surface area contributed by atoms with Crippen LogP contribution in [0, 0.1) is 5.82 Å². The third-order valence-electron chi connectivity index (χ3n) is 2.39. The molecule has 0 aliphatic heterocycles. The number of benzene rings is 2. The first-order chi connectivity index (χ1) is 8.09. The van der Waals surface area contributed by atoms with Crippen LogP contribution in [0.3, 0.4) is 0 Å². The first-order valence-corrected chi connectivity index (χ1v) is 5.25. The Morgan fingerprint density at radius 1 is 1.18 bits per heavy atom. The van der Waals surface area contributed by atoms with Gasteiger partial charge in [-0.1, -0.05) is 35.9 Å². The number of carboxylic acid groups (broad SMARTS) is 1. The van der Waals surface area contributed by atoms with Gasteiger partial charge < -0.3 is 5.11 Å². The molecule has 17 heavy (non-hydrogen) atoms. The van der Waals surface area contributed by atoms with Crippen LogP contribution in [0.15, 0.2) is 42.5 Å². The van der Waals surface area contributed by atoms with Crippen LogP contribution in [0.5, 0.6) is 0 Å². The predicted octanol–water partition coefficient (Wildman–Crippen LogP) is 3.84. The van der Waals surface area contributed by atoms with Crippen molar-refractivity contribution in [2.24, 2.45) is 0 Å². The van der Waals surface area contributed by atoms with Crippen molar-refractivity contribution in [2.45, 2.75) is 0 Å². The lowest BCUT2D eigenvalue weighted by Gasteiger charge is -2.06. The Kier molecular flexibility index (Phi) is 3.11. The highest BCUT2D eigenvalue weighted by Crippen LogP contribution is 2.27. The van der Waals surface area contributed by atoms with Crippen molar-refractivity contribution in [3.63, 3.8) is 0 Å². The SMILES string of the molecule is O=C(O)c1ccccc1-c1ccc(Cl)c(F)c1. The maximum atomic E-state index is 13.3. The first kappa shape index (κ1) is 11.6. The number of hydrogen-bond acceptors (Lipinski definition) is 1. The molecule has 86 valence electrons. The minimum absolute atomic E-state index is 0.0153. The van der Waals surface area contributed by atoms with Crippen LogP contribution < -0.4 is 0 Å². The fourth-order valence-corrected chi connectivity index (χ4v) is 1.70. The number of carboxylic acids is 1. The summed E-state index contributed by atoms with van der Waals surface area (Å²) in [6.07, 6.45) is 0. The summed E-state index contributed by atoms with van der Waals surface area (Å²) >= 11 is 5.58. The van der Waals surface area contributed by atoms with E-state index in [4.69, 9.17) is 16.7 Å². The first-order valence-electron chi connectivity index (χ1n) is 4.87. The summed E-state index contributed by atoms with van der Waals surface area (Å²) in [4.78, 5) is 11.0. The molecular weight excluding hydrogens is 243 g/mol. The monoisotopic (exact) mass is 250 g/mol. The van der Waals surface area contributed by atoms with E-state index in [-0.39, 0.29) is 10.6 Å². The van der Waals surface area contributed by atoms with Crippen LogP contribution in [0.1, 0.15) is 10.4 Å². The van der Waals surface area contributed by atoms with Gasteiger partial charge in [-0.15, -0.1) is 0 Å². The molecule has 0 saturated heterocycles. The molecule has 2 nitrogen and oxygen atoms in total. The molecule has 0 aliphatic carbocycles. The average Bonchev–Trinajstić information content (AvgIpc) is 2.32. The largest absolute Gasteiger partial charge is 0.478 e. The second kappa shape index (κ2) is 4.55. The van der Waals surface area contributed by atoms with Crippen LogP contribution in [0.2, 0.25) is 5.02 Å². The normalized spacial score (nSPS) is 10.2. The number of halogens is 2. The lowest BCUT2D eigenvalue weighted by atomic mass is 10.00. The van der Waals surface area contributed by atoms with Crippen molar-refractivity contribution in [1.82, 2.24) is 0 Å². The van der Waals surface area contributed by atoms with Gasteiger partial charge in [-0.3, -0.25) is 0 Å². The van der Waals surface area contributed by atoms with Crippen molar-refractivity contribution >= 4 is 17.6 Å². The van der Waals surface area contributed by atoms with Gasteiger partial charge in [0.15, 0.2) is 0 Å². The van der Waals surface area contributed by atoms with E-state index in [2.05, 4.69) is 0 Å². The summed E-state index contributed by atoms with van der Waals surface area (Å²) in [5.41, 5.74) is 1.09. The van der Waals surface area contributed by atoms with Gasteiger partial charge in [0, 0.05) is 0 Å². The Bertz CT molecular complexity index is 581. The van der Waals surface area contributed by atoms with Crippen LogP contribution >= 0.6 is 11.6 Å². The Morgan fingerprint density at radius 3 is 2.53 bits per heavy atom. The van der Waals surface area contributed by atoms with E-state index in [1.807, 2.05) is 0 Å². The highest BCUT2D eigenvalue weighted by Gasteiger charge is 2.11. The van der Waals surface area contributed by atoms with Gasteiger partial charge in [-0.2, -0.15) is 0 Å². The van der Waals surface area contributed by atoms with Crippen molar-refractivity contribution in [1.29, 1.82) is 0 Å². The molecule has 0 atom stereocenters. The highest BCUT2D eigenvalue weighted by molar-refractivity contribution is 6.30. The van der Waals surface area contributed by atoms with Gasteiger partial charge in [0.25, 0.3) is 0 Å². The smallest absolute Gasteiger partial charge is 0.336 e. The summed E-state index contributed by atoms with van der Waals surface area (Å²) < 4.78 is 13.3. The average molecular weight is 251 g/mol. The zero-order chi connectivity index (χ0) is 12.4. The molecule has 2 aromatic carbocycles. The minimum atomic E-state index is -1.05. The van der Waals surface area contributed by atoms with E-state index >= 15 is 0 Å². The third kappa shape index (κ3) is 2.29. The molecule has 2 aromatic rings. The zero-order valence-corrected chi connectivity index (χ0v) is 9.41. The standard InChI is InChI=1S/C13H8ClFO2/c14-11-6-5-8(7-12(11)15)9-3-1-2-4-10(9)13(16)17/h1-7H,(H,16,17). The number of rotatable bonds is 2. The van der Waals surface area contributed by atoms with E-state index in [0.717, 1.165) is 0 Å². The fourth-order valence-electron chi connectivity index (χ4n) is 1.59. The number of carbonyl (C=O) groups is 1. The second-order valence-corrected chi connectivity index (χ2v) is 3.89. The molecule has 0 bridgehead atoms. The molecule has 0 aliphatic rings. The molecule has 0 fully saturated rings. The van der Waals surface area contributed by atoms with Gasteiger partial charge >= 0.3 is 5.97 Å². The van der Waals surface area contributed by atoms with Gasteiger partial charge in [0.05, 0.1) is 10.6 Å². The Balaban J connectivity index is 2.60. The van der Waals surface area contributed by atoms with Gasteiger partial charge in [-0.25, -0.2) is 9.18 Å². The van der Waals surface area contributed by atoms with Crippen LogP contribution in [0.25, 0.3) is 11.1 Å². The molecule has 0 unspecified atom stereocenters. The molecule has 4 heteroatoms. The summed E-state index contributed by atoms with van der Waals surface area (Å²) in [6.45, 7) is 0. The molecular formula is C13H8ClFO2. The van der Waals surface area contributed by atoms with Crippen molar-refractivity contribution in [2.75, 3.05) is 0 Å². The Hall–Kier alpha value is -1.87. The van der Waals surface area contributed by atoms with Crippen molar-refractivity contribution in [3.8, 4) is 11.1 Å². The molecule has 0 amide bonds. The predicted molar refractivity (Wildman–Crippen MR) is 63.8 cm³/mol. The molecule has 1 N–H and O–H groups in total. The van der Waals surface area contributed by atoms with Crippen LogP contribution in [-0.2, 0) is 0 Å². The molecule has 0 heterocycles. The maximum absolute atomic E-state index is 13.3. The van der Waals surface area contributed by atoms with Gasteiger partial charge in [0.1, 0.15) is 5.82 Å². The van der Waals surface area contributed by atoms with E-state index in [1.165, 1.54) is 18.2 Å². The Morgan fingerprint density at radius 2 is 1.88 bits per heavy atom. The minimum Gasteiger partial charge on any atom is -0.478 e. The van der Waals surface area contributed by atoms with E-state index in [0.29, 0.717) is 11.1 Å². The van der Waals surface area contributed by atoms with Gasteiger partial charge in [0.2, 0.25) is 0 Å². The molecule has 0 spiro atoms. The lowest BCUT2D eigenvalue weighted by molar-refractivity contribution is 0.0697. The van der Waals surface area contributed by atoms with Crippen molar-refractivity contribution < 1.29 is 14.3 Å². The second-order valence-electron chi connectivity index (χ2n) is 3.48. The maximum Gasteiger partial charge on any atom is 0.336 e. The van der Waals surface area contributed by atoms with Crippen LogP contribution in [-0.4, -0.2) is 11.1 Å². The summed E-state index contributed by atoms with van der Waals surface area (Å²) in [7, 11) is 0. The highest BCUT2D eigenvalue weighted by atomic mass is 35.5. The Labute approximate surface area is 102 Å². The van der Waals surface area contributed by atoms with Crippen molar-refractivity contribution in [3.05, 3.63) is 58.9 Å².